The molecule has 2 aromatic heterocycles. The van der Waals surface area contributed by atoms with Crippen molar-refractivity contribution in [1.82, 2.24) is 14.6 Å². The van der Waals surface area contributed by atoms with Gasteiger partial charge in [0, 0.05) is 23.0 Å². The van der Waals surface area contributed by atoms with Crippen molar-refractivity contribution in [3.63, 3.8) is 0 Å². The summed E-state index contributed by atoms with van der Waals surface area (Å²) < 4.78 is 0.707. The molecule has 0 aliphatic rings. The molecule has 0 amide bonds. The van der Waals surface area contributed by atoms with Crippen molar-refractivity contribution in [3.8, 4) is 0 Å². The average molecular weight is 349 g/mol. The van der Waals surface area contributed by atoms with Gasteiger partial charge in [-0.15, -0.1) is 4.68 Å². The Morgan fingerprint density at radius 3 is 2.46 bits per heavy atom. The van der Waals surface area contributed by atoms with E-state index >= 15 is 0 Å². The Bertz CT molecular complexity index is 1290. The van der Waals surface area contributed by atoms with E-state index in [4.69, 9.17) is 0 Å². The summed E-state index contributed by atoms with van der Waals surface area (Å²) in [6.45, 7) is 0. The number of aromatic nitrogens is 3. The lowest BCUT2D eigenvalue weighted by atomic mass is 10.2. The van der Waals surface area contributed by atoms with Crippen molar-refractivity contribution in [2.45, 2.75) is 0 Å². The molecule has 4 rings (SSSR count). The van der Waals surface area contributed by atoms with E-state index in [2.05, 4.69) is 15.1 Å². The molecule has 2 heterocycles. The molecule has 2 aromatic carbocycles. The zero-order chi connectivity index (χ0) is 18.3. The first-order valence-corrected chi connectivity index (χ1v) is 7.59. The first kappa shape index (κ1) is 15.5. The summed E-state index contributed by atoms with van der Waals surface area (Å²) in [5.74, 6) is 0. The molecular formula is C17H11N5O4. The standard InChI is InChI=1S/C17H11N5O4/c23-16-15-14(12-3-1-2-4-13(12)19-15)20-17(24)21(16)18-9-10-5-7-11(8-6-10)22(25)26/h1-9,19H,(H,20,24)/b18-9-. The number of aromatic amines is 2. The predicted molar refractivity (Wildman–Crippen MR) is 96.8 cm³/mol. The number of hydrogen-bond donors (Lipinski definition) is 2. The third-order valence-electron chi connectivity index (χ3n) is 3.96. The van der Waals surface area contributed by atoms with Gasteiger partial charge in [-0.25, -0.2) is 4.79 Å². The van der Waals surface area contributed by atoms with Crippen LogP contribution in [0.4, 0.5) is 5.69 Å². The highest BCUT2D eigenvalue weighted by Gasteiger charge is 2.12. The van der Waals surface area contributed by atoms with Crippen molar-refractivity contribution in [2.75, 3.05) is 0 Å². The maximum Gasteiger partial charge on any atom is 0.350 e. The van der Waals surface area contributed by atoms with E-state index in [-0.39, 0.29) is 11.2 Å². The van der Waals surface area contributed by atoms with E-state index in [1.807, 2.05) is 12.1 Å². The molecule has 2 N–H and O–H groups in total. The number of nitro groups is 1. The second kappa shape index (κ2) is 5.81. The second-order valence-electron chi connectivity index (χ2n) is 5.56. The smallest absolute Gasteiger partial charge is 0.349 e. The van der Waals surface area contributed by atoms with E-state index in [0.29, 0.717) is 15.8 Å². The molecule has 0 atom stereocenters. The van der Waals surface area contributed by atoms with Gasteiger partial charge in [0.15, 0.2) is 0 Å². The van der Waals surface area contributed by atoms with Gasteiger partial charge < -0.3 is 9.97 Å². The Morgan fingerprint density at radius 2 is 1.73 bits per heavy atom. The number of non-ortho nitro benzene ring substituents is 1. The number of nitro benzene ring substituents is 1. The normalized spacial score (nSPS) is 11.5. The molecular weight excluding hydrogens is 338 g/mol. The van der Waals surface area contributed by atoms with Crippen LogP contribution in [-0.2, 0) is 0 Å². The third kappa shape index (κ3) is 2.47. The zero-order valence-electron chi connectivity index (χ0n) is 13.2. The average Bonchev–Trinajstić information content (AvgIpc) is 3.01. The molecule has 0 bridgehead atoms. The van der Waals surface area contributed by atoms with Crippen molar-refractivity contribution in [1.29, 1.82) is 0 Å². The number of para-hydroxylation sites is 1. The maximum atomic E-state index is 12.6. The first-order chi connectivity index (χ1) is 12.5. The van der Waals surface area contributed by atoms with E-state index in [9.17, 15) is 19.7 Å². The van der Waals surface area contributed by atoms with Crippen LogP contribution in [0.15, 0.2) is 63.2 Å². The van der Waals surface area contributed by atoms with E-state index in [1.54, 1.807) is 12.1 Å². The lowest BCUT2D eigenvalue weighted by Crippen LogP contribution is -2.32. The molecule has 0 unspecified atom stereocenters. The highest BCUT2D eigenvalue weighted by molar-refractivity contribution is 6.04. The van der Waals surface area contributed by atoms with E-state index in [0.717, 1.165) is 10.9 Å². The number of benzene rings is 2. The maximum absolute atomic E-state index is 12.6. The Morgan fingerprint density at radius 1 is 1.00 bits per heavy atom. The fraction of sp³-hybridized carbons (Fsp3) is 0. The zero-order valence-corrected chi connectivity index (χ0v) is 13.2. The number of nitrogens with zero attached hydrogens (tertiary/aromatic N) is 3. The van der Waals surface area contributed by atoms with Gasteiger partial charge in [-0.05, 0) is 23.8 Å². The predicted octanol–water partition coefficient (Wildman–Crippen LogP) is 1.96. The summed E-state index contributed by atoms with van der Waals surface area (Å²) in [6, 6.07) is 12.8. The lowest BCUT2D eigenvalue weighted by molar-refractivity contribution is -0.384. The van der Waals surface area contributed by atoms with Gasteiger partial charge in [0.2, 0.25) is 0 Å². The molecule has 9 nitrogen and oxygen atoms in total. The quantitative estimate of drug-likeness (QED) is 0.333. The first-order valence-electron chi connectivity index (χ1n) is 7.59. The van der Waals surface area contributed by atoms with Crippen LogP contribution in [0.3, 0.4) is 0 Å². The van der Waals surface area contributed by atoms with Gasteiger partial charge >= 0.3 is 11.2 Å². The Labute approximate surface area is 144 Å². The number of nitrogens with one attached hydrogen (secondary N) is 2. The molecule has 0 fully saturated rings. The fourth-order valence-electron chi connectivity index (χ4n) is 2.70. The van der Waals surface area contributed by atoms with Crippen LogP contribution in [0.25, 0.3) is 21.9 Å². The summed E-state index contributed by atoms with van der Waals surface area (Å²) in [5.41, 5.74) is 0.593. The van der Waals surface area contributed by atoms with Gasteiger partial charge in [-0.1, -0.05) is 18.2 Å². The molecule has 0 radical (unpaired) electrons. The van der Waals surface area contributed by atoms with E-state index in [1.165, 1.54) is 30.5 Å². The molecule has 0 saturated carbocycles. The van der Waals surface area contributed by atoms with Crippen LogP contribution in [0.2, 0.25) is 0 Å². The van der Waals surface area contributed by atoms with Crippen LogP contribution in [0.5, 0.6) is 0 Å². The van der Waals surface area contributed by atoms with Gasteiger partial charge in [-0.3, -0.25) is 14.9 Å². The number of fused-ring (bicyclic) bond motifs is 3. The monoisotopic (exact) mass is 349 g/mol. The Kier molecular flexibility index (Phi) is 3.47. The van der Waals surface area contributed by atoms with Crippen LogP contribution in [0, 0.1) is 10.1 Å². The summed E-state index contributed by atoms with van der Waals surface area (Å²) in [6.07, 6.45) is 1.29. The minimum atomic E-state index is -0.676. The van der Waals surface area contributed by atoms with E-state index < -0.39 is 16.2 Å². The molecule has 0 aliphatic heterocycles. The minimum Gasteiger partial charge on any atom is -0.349 e. The summed E-state index contributed by atoms with van der Waals surface area (Å²) in [4.78, 5) is 40.6. The summed E-state index contributed by atoms with van der Waals surface area (Å²) in [7, 11) is 0. The molecule has 4 aromatic rings. The highest BCUT2D eigenvalue weighted by Crippen LogP contribution is 2.19. The fourth-order valence-corrected chi connectivity index (χ4v) is 2.70. The second-order valence-corrected chi connectivity index (χ2v) is 5.56. The Balaban J connectivity index is 1.81. The Hall–Kier alpha value is -4.01. The number of H-pyrrole nitrogens is 2. The van der Waals surface area contributed by atoms with Gasteiger partial charge in [0.1, 0.15) is 5.52 Å². The van der Waals surface area contributed by atoms with Gasteiger partial charge in [-0.2, -0.15) is 5.10 Å². The van der Waals surface area contributed by atoms with Crippen LogP contribution in [-0.4, -0.2) is 25.8 Å². The summed E-state index contributed by atoms with van der Waals surface area (Å²) >= 11 is 0. The molecule has 0 aliphatic carbocycles. The lowest BCUT2D eigenvalue weighted by Gasteiger charge is -1.98. The van der Waals surface area contributed by atoms with Crippen LogP contribution >= 0.6 is 0 Å². The topological polar surface area (TPSA) is 126 Å². The number of rotatable bonds is 3. The largest absolute Gasteiger partial charge is 0.350 e. The van der Waals surface area contributed by atoms with Crippen LogP contribution in [0.1, 0.15) is 5.56 Å². The van der Waals surface area contributed by atoms with Crippen molar-refractivity contribution in [3.05, 3.63) is 85.0 Å². The molecule has 0 saturated heterocycles. The molecule has 0 spiro atoms. The molecule has 26 heavy (non-hydrogen) atoms. The SMILES string of the molecule is O=c1[nH]c2c([nH]c3ccccc32)c(=O)n1/N=C\c1ccc([N+](=O)[O-])cc1. The van der Waals surface area contributed by atoms with Crippen molar-refractivity contribution >= 4 is 33.8 Å². The van der Waals surface area contributed by atoms with Gasteiger partial charge in [0.05, 0.1) is 16.7 Å². The van der Waals surface area contributed by atoms with Gasteiger partial charge in [0.25, 0.3) is 5.69 Å². The van der Waals surface area contributed by atoms with Crippen LogP contribution < -0.4 is 11.2 Å². The van der Waals surface area contributed by atoms with Crippen molar-refractivity contribution < 1.29 is 4.92 Å². The van der Waals surface area contributed by atoms with Crippen molar-refractivity contribution in [2.24, 2.45) is 5.10 Å². The summed E-state index contributed by atoms with van der Waals surface area (Å²) in [5, 5.41) is 15.3. The number of hydrogen-bond acceptors (Lipinski definition) is 5. The third-order valence-corrected chi connectivity index (χ3v) is 3.96. The molecule has 128 valence electrons. The molecule has 9 heteroatoms. The minimum absolute atomic E-state index is 0.0586. The highest BCUT2D eigenvalue weighted by atomic mass is 16.6.